The van der Waals surface area contributed by atoms with Crippen LogP contribution in [0.2, 0.25) is 0 Å². The third kappa shape index (κ3) is 3.68. The molecule has 0 saturated carbocycles. The van der Waals surface area contributed by atoms with Gasteiger partial charge in [-0.15, -0.1) is 0 Å². The molecule has 2 aromatic carbocycles. The van der Waals surface area contributed by atoms with Crippen molar-refractivity contribution in [2.24, 2.45) is 0 Å². The van der Waals surface area contributed by atoms with Gasteiger partial charge in [-0.3, -0.25) is 4.79 Å². The highest BCUT2D eigenvalue weighted by molar-refractivity contribution is 6.04. The highest BCUT2D eigenvalue weighted by Gasteiger charge is 2.33. The number of halogens is 5. The zero-order valence-electron chi connectivity index (χ0n) is 13.0. The Bertz CT molecular complexity index is 1030. The van der Waals surface area contributed by atoms with E-state index >= 15 is 0 Å². The van der Waals surface area contributed by atoms with Gasteiger partial charge < -0.3 is 5.32 Å². The Labute approximate surface area is 146 Å². The Kier molecular flexibility index (Phi) is 4.47. The minimum Gasteiger partial charge on any atom is -0.322 e. The molecule has 1 amide bonds. The summed E-state index contributed by atoms with van der Waals surface area (Å²) in [5, 5.41) is 11.0. The monoisotopic (exact) mass is 385 g/mol. The molecule has 140 valence electrons. The van der Waals surface area contributed by atoms with Crippen LogP contribution < -0.4 is 11.0 Å². The van der Waals surface area contributed by atoms with E-state index < -0.39 is 40.5 Å². The molecule has 0 aliphatic heterocycles. The number of anilines is 1. The van der Waals surface area contributed by atoms with Gasteiger partial charge in [0.2, 0.25) is 0 Å². The maximum absolute atomic E-state index is 13.8. The standard InChI is InChI=1S/C15H8F5N5O2/c16-10-5-7(15(18,19)20)6-11(17)12(10)13(26)21-8-1-3-9(4-2-8)25-14(27)22-23-24-25/h1-6H,(H,21,26)(H,22,24,27). The molecule has 0 radical (unpaired) electrons. The topological polar surface area (TPSA) is 92.7 Å². The van der Waals surface area contributed by atoms with E-state index in [-0.39, 0.29) is 17.8 Å². The van der Waals surface area contributed by atoms with Gasteiger partial charge in [0.15, 0.2) is 0 Å². The fraction of sp³-hybridized carbons (Fsp3) is 0.0667. The minimum atomic E-state index is -4.95. The summed E-state index contributed by atoms with van der Waals surface area (Å²) in [5.74, 6) is -4.57. The van der Waals surface area contributed by atoms with Crippen molar-refractivity contribution < 1.29 is 26.7 Å². The summed E-state index contributed by atoms with van der Waals surface area (Å²) < 4.78 is 66.2. The molecule has 0 bridgehead atoms. The summed E-state index contributed by atoms with van der Waals surface area (Å²) >= 11 is 0. The number of aromatic amines is 1. The summed E-state index contributed by atoms with van der Waals surface area (Å²) in [6, 6.07) is 5.40. The van der Waals surface area contributed by atoms with Crippen LogP contribution in [-0.2, 0) is 6.18 Å². The van der Waals surface area contributed by atoms with Gasteiger partial charge in [0.05, 0.1) is 11.3 Å². The molecule has 12 heteroatoms. The Morgan fingerprint density at radius 2 is 1.67 bits per heavy atom. The fourth-order valence-electron chi connectivity index (χ4n) is 2.20. The number of benzene rings is 2. The smallest absolute Gasteiger partial charge is 0.322 e. The van der Waals surface area contributed by atoms with Gasteiger partial charge in [0, 0.05) is 5.69 Å². The normalized spacial score (nSPS) is 11.4. The lowest BCUT2D eigenvalue weighted by molar-refractivity contribution is -0.138. The number of amides is 1. The summed E-state index contributed by atoms with van der Waals surface area (Å²) in [6.07, 6.45) is -4.95. The maximum atomic E-state index is 13.8. The zero-order valence-corrected chi connectivity index (χ0v) is 13.0. The first-order valence-electron chi connectivity index (χ1n) is 7.15. The average molecular weight is 385 g/mol. The SMILES string of the molecule is O=C(Nc1ccc(-n2nn[nH]c2=O)cc1)c1c(F)cc(C(F)(F)F)cc1F. The molecule has 0 atom stereocenters. The van der Waals surface area contributed by atoms with Crippen LogP contribution in [0.4, 0.5) is 27.6 Å². The van der Waals surface area contributed by atoms with Gasteiger partial charge in [-0.25, -0.2) is 18.7 Å². The van der Waals surface area contributed by atoms with Crippen molar-refractivity contribution in [3.8, 4) is 5.69 Å². The lowest BCUT2D eigenvalue weighted by Gasteiger charge is -2.11. The number of hydrogen-bond donors (Lipinski definition) is 2. The summed E-state index contributed by atoms with van der Waals surface area (Å²) in [4.78, 5) is 23.4. The van der Waals surface area contributed by atoms with Gasteiger partial charge in [0.1, 0.15) is 17.2 Å². The Balaban J connectivity index is 1.84. The molecule has 0 spiro atoms. The zero-order chi connectivity index (χ0) is 19.8. The maximum Gasteiger partial charge on any atom is 0.416 e. The number of carbonyl (C=O) groups excluding carboxylic acids is 1. The van der Waals surface area contributed by atoms with Crippen LogP contribution in [0.15, 0.2) is 41.2 Å². The van der Waals surface area contributed by atoms with Crippen molar-refractivity contribution in [3.63, 3.8) is 0 Å². The number of nitrogens with zero attached hydrogens (tertiary/aromatic N) is 3. The van der Waals surface area contributed by atoms with E-state index in [2.05, 4.69) is 20.8 Å². The van der Waals surface area contributed by atoms with E-state index in [1.165, 1.54) is 24.3 Å². The fourth-order valence-corrected chi connectivity index (χ4v) is 2.20. The van der Waals surface area contributed by atoms with Gasteiger partial charge >= 0.3 is 11.9 Å². The third-order valence-corrected chi connectivity index (χ3v) is 3.44. The van der Waals surface area contributed by atoms with Gasteiger partial charge in [-0.05, 0) is 46.8 Å². The summed E-state index contributed by atoms with van der Waals surface area (Å²) in [5.41, 5.74) is -2.94. The van der Waals surface area contributed by atoms with Crippen molar-refractivity contribution >= 4 is 11.6 Å². The lowest BCUT2D eigenvalue weighted by Crippen LogP contribution is -2.18. The minimum absolute atomic E-state index is 0.0398. The number of hydrogen-bond acceptors (Lipinski definition) is 4. The Morgan fingerprint density at radius 1 is 1.07 bits per heavy atom. The number of H-pyrrole nitrogens is 1. The Morgan fingerprint density at radius 3 is 2.15 bits per heavy atom. The second-order valence-corrected chi connectivity index (χ2v) is 5.23. The number of nitrogens with one attached hydrogen (secondary N) is 2. The first kappa shape index (κ1) is 18.2. The molecule has 3 rings (SSSR count). The first-order valence-corrected chi connectivity index (χ1v) is 7.15. The molecule has 0 unspecified atom stereocenters. The second-order valence-electron chi connectivity index (χ2n) is 5.23. The van der Waals surface area contributed by atoms with Crippen LogP contribution in [0.1, 0.15) is 15.9 Å². The van der Waals surface area contributed by atoms with Crippen molar-refractivity contribution in [1.29, 1.82) is 0 Å². The van der Waals surface area contributed by atoms with Crippen LogP contribution in [0, 0.1) is 11.6 Å². The summed E-state index contributed by atoms with van der Waals surface area (Å²) in [6.45, 7) is 0. The number of tetrazole rings is 1. The van der Waals surface area contributed by atoms with E-state index in [4.69, 9.17) is 0 Å². The van der Waals surface area contributed by atoms with Crippen molar-refractivity contribution in [2.45, 2.75) is 6.18 Å². The van der Waals surface area contributed by atoms with Crippen LogP contribution >= 0.6 is 0 Å². The predicted molar refractivity (Wildman–Crippen MR) is 81.3 cm³/mol. The molecule has 2 N–H and O–H groups in total. The largest absolute Gasteiger partial charge is 0.416 e. The molecule has 3 aromatic rings. The molecule has 0 aliphatic rings. The van der Waals surface area contributed by atoms with Crippen molar-refractivity contribution in [3.05, 3.63) is 69.6 Å². The van der Waals surface area contributed by atoms with E-state index in [1.807, 2.05) is 0 Å². The molecule has 1 heterocycles. The average Bonchev–Trinajstić information content (AvgIpc) is 3.00. The van der Waals surface area contributed by atoms with E-state index in [9.17, 15) is 31.5 Å². The highest BCUT2D eigenvalue weighted by atomic mass is 19.4. The Hall–Kier alpha value is -3.57. The van der Waals surface area contributed by atoms with E-state index in [0.29, 0.717) is 5.69 Å². The molecule has 1 aromatic heterocycles. The van der Waals surface area contributed by atoms with Crippen molar-refractivity contribution in [2.75, 3.05) is 5.32 Å². The molecular formula is C15H8F5N5O2. The van der Waals surface area contributed by atoms with E-state index in [0.717, 1.165) is 4.68 Å². The van der Waals surface area contributed by atoms with Gasteiger partial charge in [-0.2, -0.15) is 17.9 Å². The highest BCUT2D eigenvalue weighted by Crippen LogP contribution is 2.31. The number of alkyl halides is 3. The van der Waals surface area contributed by atoms with Crippen LogP contribution in [0.25, 0.3) is 5.69 Å². The third-order valence-electron chi connectivity index (χ3n) is 3.44. The molecular weight excluding hydrogens is 377 g/mol. The van der Waals surface area contributed by atoms with E-state index in [1.54, 1.807) is 0 Å². The molecule has 27 heavy (non-hydrogen) atoms. The van der Waals surface area contributed by atoms with Gasteiger partial charge in [0.25, 0.3) is 5.91 Å². The molecule has 0 fully saturated rings. The number of carbonyl (C=O) groups is 1. The summed E-state index contributed by atoms with van der Waals surface area (Å²) in [7, 11) is 0. The number of aromatic nitrogens is 4. The van der Waals surface area contributed by atoms with Crippen LogP contribution in [0.3, 0.4) is 0 Å². The van der Waals surface area contributed by atoms with Crippen LogP contribution in [-0.4, -0.2) is 26.1 Å². The van der Waals surface area contributed by atoms with Crippen LogP contribution in [0.5, 0.6) is 0 Å². The molecule has 7 nitrogen and oxygen atoms in total. The quantitative estimate of drug-likeness (QED) is 0.678. The second kappa shape index (κ2) is 6.63. The predicted octanol–water partition coefficient (Wildman–Crippen LogP) is 2.50. The van der Waals surface area contributed by atoms with Gasteiger partial charge in [-0.1, -0.05) is 0 Å². The van der Waals surface area contributed by atoms with Crippen molar-refractivity contribution in [1.82, 2.24) is 20.2 Å². The lowest BCUT2D eigenvalue weighted by atomic mass is 10.1. The molecule has 0 saturated heterocycles. The molecule has 0 aliphatic carbocycles. The first-order chi connectivity index (χ1) is 12.7. The number of rotatable bonds is 3.